The summed E-state index contributed by atoms with van der Waals surface area (Å²) in [6.07, 6.45) is 2.73. The second-order valence-electron chi connectivity index (χ2n) is 6.33. The number of hydrogen-bond acceptors (Lipinski definition) is 8. The Morgan fingerprint density at radius 3 is 2.03 bits per heavy atom. The summed E-state index contributed by atoms with van der Waals surface area (Å²) in [6.45, 7) is -0.233. The van der Waals surface area contributed by atoms with Gasteiger partial charge < -0.3 is 33.7 Å². The van der Waals surface area contributed by atoms with E-state index in [2.05, 4.69) is 5.32 Å². The lowest BCUT2D eigenvalue weighted by molar-refractivity contribution is -0.143. The number of carbonyl (C=O) groups excluding carboxylic acids is 2. The summed E-state index contributed by atoms with van der Waals surface area (Å²) in [5, 5.41) is 2.67. The first kappa shape index (κ1) is 24.4. The molecule has 0 unspecified atom stereocenters. The summed E-state index contributed by atoms with van der Waals surface area (Å²) >= 11 is 0. The van der Waals surface area contributed by atoms with Crippen LogP contribution in [-0.4, -0.2) is 54.0 Å². The van der Waals surface area contributed by atoms with Crippen molar-refractivity contribution in [3.05, 3.63) is 47.5 Å². The van der Waals surface area contributed by atoms with Crippen molar-refractivity contribution >= 4 is 18.0 Å². The van der Waals surface area contributed by atoms with E-state index in [0.717, 1.165) is 5.56 Å². The van der Waals surface area contributed by atoms with Crippen molar-refractivity contribution in [3.8, 4) is 28.7 Å². The summed E-state index contributed by atoms with van der Waals surface area (Å²) in [5.41, 5.74) is 1.36. The zero-order valence-corrected chi connectivity index (χ0v) is 18.7. The van der Waals surface area contributed by atoms with Crippen LogP contribution in [0.5, 0.6) is 28.7 Å². The van der Waals surface area contributed by atoms with E-state index in [4.69, 9.17) is 28.4 Å². The first-order valence-corrected chi connectivity index (χ1v) is 9.58. The lowest BCUT2D eigenvalue weighted by Crippen LogP contribution is -2.28. The molecule has 0 aliphatic rings. The minimum Gasteiger partial charge on any atom is -0.493 e. The molecule has 172 valence electrons. The van der Waals surface area contributed by atoms with Crippen molar-refractivity contribution in [1.29, 1.82) is 0 Å². The maximum atomic E-state index is 12.1. The Balaban J connectivity index is 1.92. The molecule has 1 N–H and O–H groups in total. The summed E-state index contributed by atoms with van der Waals surface area (Å²) in [5.74, 6) is 1.30. The van der Waals surface area contributed by atoms with Gasteiger partial charge in [-0.05, 0) is 29.8 Å². The highest BCUT2D eigenvalue weighted by Gasteiger charge is 2.13. The molecule has 0 aliphatic carbocycles. The van der Waals surface area contributed by atoms with E-state index >= 15 is 0 Å². The Bertz CT molecular complexity index is 945. The van der Waals surface area contributed by atoms with Gasteiger partial charge in [-0.15, -0.1) is 0 Å². The van der Waals surface area contributed by atoms with Crippen LogP contribution in [0.15, 0.2) is 36.4 Å². The fourth-order valence-electron chi connectivity index (χ4n) is 2.88. The first-order chi connectivity index (χ1) is 15.5. The van der Waals surface area contributed by atoms with Gasteiger partial charge in [0.2, 0.25) is 5.75 Å². The number of hydrogen-bond donors (Lipinski definition) is 1. The van der Waals surface area contributed by atoms with Gasteiger partial charge in [-0.1, -0.05) is 12.1 Å². The number of amides is 1. The third kappa shape index (κ3) is 6.31. The molecule has 2 aromatic carbocycles. The molecule has 0 bridgehead atoms. The summed E-state index contributed by atoms with van der Waals surface area (Å²) in [6, 6.07) is 8.70. The van der Waals surface area contributed by atoms with Gasteiger partial charge in [0.15, 0.2) is 29.6 Å². The molecule has 2 aromatic rings. The van der Waals surface area contributed by atoms with Crippen LogP contribution in [0, 0.1) is 0 Å². The number of nitrogens with one attached hydrogen (secondary N) is 1. The van der Waals surface area contributed by atoms with Gasteiger partial charge in [-0.25, -0.2) is 4.79 Å². The Hall–Kier alpha value is -3.88. The van der Waals surface area contributed by atoms with Crippen LogP contribution in [0.2, 0.25) is 0 Å². The van der Waals surface area contributed by atoms with Gasteiger partial charge in [0.1, 0.15) is 0 Å². The van der Waals surface area contributed by atoms with Gasteiger partial charge in [-0.2, -0.15) is 0 Å². The predicted octanol–water partition coefficient (Wildman–Crippen LogP) is 2.60. The van der Waals surface area contributed by atoms with Crippen molar-refractivity contribution in [2.45, 2.75) is 6.54 Å². The van der Waals surface area contributed by atoms with E-state index in [1.165, 1.54) is 47.7 Å². The van der Waals surface area contributed by atoms with Crippen molar-refractivity contribution in [2.75, 3.05) is 42.2 Å². The lowest BCUT2D eigenvalue weighted by atomic mass is 10.1. The molecule has 0 heterocycles. The largest absolute Gasteiger partial charge is 0.493 e. The van der Waals surface area contributed by atoms with Crippen LogP contribution in [0.4, 0.5) is 0 Å². The Morgan fingerprint density at radius 2 is 1.47 bits per heavy atom. The highest BCUT2D eigenvalue weighted by molar-refractivity contribution is 5.89. The van der Waals surface area contributed by atoms with Crippen LogP contribution < -0.4 is 29.0 Å². The number of ether oxygens (including phenoxy) is 6. The average molecular weight is 445 g/mol. The lowest BCUT2D eigenvalue weighted by Gasteiger charge is -2.13. The van der Waals surface area contributed by atoms with Gasteiger partial charge in [0.25, 0.3) is 5.91 Å². The Kier molecular flexibility index (Phi) is 9.22. The predicted molar refractivity (Wildman–Crippen MR) is 117 cm³/mol. The highest BCUT2D eigenvalue weighted by Crippen LogP contribution is 2.38. The second kappa shape index (κ2) is 12.1. The number of rotatable bonds is 11. The zero-order valence-electron chi connectivity index (χ0n) is 18.7. The molecule has 0 aromatic heterocycles. The minimum absolute atomic E-state index is 0.192. The molecule has 0 fully saturated rings. The standard InChI is InChI=1S/C23H27NO8/c1-27-17-8-6-7-16(22(17)30-4)13-24-20(25)14-32-21(26)10-9-15-11-18(28-2)23(31-5)19(12-15)29-3/h6-12H,13-14H2,1-5H3,(H,24,25)/b10-9+. The average Bonchev–Trinajstić information content (AvgIpc) is 2.83. The van der Waals surface area contributed by atoms with E-state index < -0.39 is 18.5 Å². The molecule has 0 atom stereocenters. The van der Waals surface area contributed by atoms with E-state index in [-0.39, 0.29) is 6.54 Å². The Labute approximate surface area is 186 Å². The van der Waals surface area contributed by atoms with Gasteiger partial charge in [0, 0.05) is 18.2 Å². The van der Waals surface area contributed by atoms with E-state index in [1.807, 2.05) is 0 Å². The van der Waals surface area contributed by atoms with E-state index in [0.29, 0.717) is 34.3 Å². The van der Waals surface area contributed by atoms with Crippen LogP contribution in [-0.2, 0) is 20.9 Å². The molecule has 9 nitrogen and oxygen atoms in total. The quantitative estimate of drug-likeness (QED) is 0.416. The normalized spacial score (nSPS) is 10.4. The number of carbonyl (C=O) groups is 2. The van der Waals surface area contributed by atoms with E-state index in [9.17, 15) is 9.59 Å². The molecule has 1 amide bonds. The van der Waals surface area contributed by atoms with Crippen molar-refractivity contribution in [3.63, 3.8) is 0 Å². The fraction of sp³-hybridized carbons (Fsp3) is 0.304. The molecular formula is C23H27NO8. The third-order valence-electron chi connectivity index (χ3n) is 4.40. The number of esters is 1. The molecule has 0 saturated heterocycles. The molecule has 0 aliphatic heterocycles. The molecule has 32 heavy (non-hydrogen) atoms. The molecule has 0 saturated carbocycles. The van der Waals surface area contributed by atoms with Crippen molar-refractivity contribution in [2.24, 2.45) is 0 Å². The smallest absolute Gasteiger partial charge is 0.331 e. The molecule has 0 radical (unpaired) electrons. The number of benzene rings is 2. The maximum absolute atomic E-state index is 12.1. The van der Waals surface area contributed by atoms with Crippen LogP contribution in [0.1, 0.15) is 11.1 Å². The SMILES string of the molecule is COc1cccc(CNC(=O)COC(=O)/C=C/c2cc(OC)c(OC)c(OC)c2)c1OC. The van der Waals surface area contributed by atoms with Crippen LogP contribution in [0.25, 0.3) is 6.08 Å². The van der Waals surface area contributed by atoms with E-state index in [1.54, 1.807) is 30.3 Å². The van der Waals surface area contributed by atoms with Crippen LogP contribution >= 0.6 is 0 Å². The number of para-hydroxylation sites is 1. The van der Waals surface area contributed by atoms with Gasteiger partial charge in [-0.3, -0.25) is 4.79 Å². The molecular weight excluding hydrogens is 418 g/mol. The van der Waals surface area contributed by atoms with Gasteiger partial charge in [0.05, 0.1) is 35.5 Å². The zero-order chi connectivity index (χ0) is 23.5. The highest BCUT2D eigenvalue weighted by atomic mass is 16.5. The maximum Gasteiger partial charge on any atom is 0.331 e. The minimum atomic E-state index is -0.673. The monoisotopic (exact) mass is 445 g/mol. The topological polar surface area (TPSA) is 102 Å². The second-order valence-corrected chi connectivity index (χ2v) is 6.33. The summed E-state index contributed by atoms with van der Waals surface area (Å²) in [7, 11) is 7.55. The first-order valence-electron chi connectivity index (χ1n) is 9.58. The molecule has 2 rings (SSSR count). The van der Waals surface area contributed by atoms with Crippen molar-refractivity contribution in [1.82, 2.24) is 5.32 Å². The Morgan fingerprint density at radius 1 is 0.844 bits per heavy atom. The third-order valence-corrected chi connectivity index (χ3v) is 4.40. The van der Waals surface area contributed by atoms with Gasteiger partial charge >= 0.3 is 5.97 Å². The van der Waals surface area contributed by atoms with Crippen LogP contribution in [0.3, 0.4) is 0 Å². The summed E-state index contributed by atoms with van der Waals surface area (Å²) in [4.78, 5) is 24.1. The summed E-state index contributed by atoms with van der Waals surface area (Å²) < 4.78 is 31.4. The fourth-order valence-corrected chi connectivity index (χ4v) is 2.88. The van der Waals surface area contributed by atoms with Crippen molar-refractivity contribution < 1.29 is 38.0 Å². The molecule has 0 spiro atoms. The molecule has 9 heteroatoms. The number of methoxy groups -OCH3 is 5.